The van der Waals surface area contributed by atoms with Gasteiger partial charge in [0.1, 0.15) is 12.6 Å². The number of halogens is 1. The lowest BCUT2D eigenvalue weighted by molar-refractivity contribution is -0.139. The van der Waals surface area contributed by atoms with Crippen molar-refractivity contribution in [2.45, 2.75) is 56.1 Å². The molecule has 0 aliphatic heterocycles. The van der Waals surface area contributed by atoms with Gasteiger partial charge in [0.2, 0.25) is 11.8 Å². The highest BCUT2D eigenvalue weighted by molar-refractivity contribution is 7.98. The number of aryl methyl sites for hydroxylation is 1. The molecular weight excluding hydrogens is 554 g/mol. The number of thioether (sulfide) groups is 1. The third kappa shape index (κ3) is 8.00. The maximum atomic E-state index is 13.9. The van der Waals surface area contributed by atoms with Crippen LogP contribution in [0.5, 0.6) is 0 Å². The van der Waals surface area contributed by atoms with Gasteiger partial charge < -0.3 is 10.2 Å². The third-order valence-corrected chi connectivity index (χ3v) is 8.86. The van der Waals surface area contributed by atoms with E-state index in [1.807, 2.05) is 27.0 Å². The first-order valence-corrected chi connectivity index (χ1v) is 15.5. The van der Waals surface area contributed by atoms with Gasteiger partial charge in [0, 0.05) is 22.5 Å². The molecule has 0 fully saturated rings. The second-order valence-electron chi connectivity index (χ2n) is 9.51. The van der Waals surface area contributed by atoms with Crippen molar-refractivity contribution in [3.05, 3.63) is 88.9 Å². The van der Waals surface area contributed by atoms with E-state index in [9.17, 15) is 18.0 Å². The smallest absolute Gasteiger partial charge is 0.264 e. The molecule has 0 aliphatic rings. The molecule has 0 unspecified atom stereocenters. The molecule has 0 aromatic heterocycles. The normalized spacial score (nSPS) is 12.2. The number of amides is 2. The summed E-state index contributed by atoms with van der Waals surface area (Å²) in [5, 5.41) is 3.34. The van der Waals surface area contributed by atoms with Gasteiger partial charge >= 0.3 is 0 Å². The van der Waals surface area contributed by atoms with E-state index in [1.165, 1.54) is 28.8 Å². The molecule has 2 amide bonds. The predicted octanol–water partition coefficient (Wildman–Crippen LogP) is 5.51. The number of carbonyl (C=O) groups is 2. The number of rotatable bonds is 11. The average molecular weight is 588 g/mol. The first kappa shape index (κ1) is 30.5. The van der Waals surface area contributed by atoms with Crippen molar-refractivity contribution in [1.82, 2.24) is 10.2 Å². The van der Waals surface area contributed by atoms with Crippen molar-refractivity contribution in [1.29, 1.82) is 0 Å². The van der Waals surface area contributed by atoms with Crippen LogP contribution in [0.2, 0.25) is 5.02 Å². The molecule has 3 rings (SSSR count). The van der Waals surface area contributed by atoms with Crippen LogP contribution in [-0.2, 0) is 26.2 Å². The number of anilines is 1. The number of nitrogens with one attached hydrogen (secondary N) is 1. The molecule has 0 aliphatic carbocycles. The fourth-order valence-corrected chi connectivity index (χ4v) is 5.97. The van der Waals surface area contributed by atoms with Crippen molar-refractivity contribution in [2.24, 2.45) is 0 Å². The van der Waals surface area contributed by atoms with Gasteiger partial charge in [-0.1, -0.05) is 41.4 Å². The van der Waals surface area contributed by atoms with Crippen molar-refractivity contribution >= 4 is 50.9 Å². The van der Waals surface area contributed by atoms with Crippen LogP contribution in [0.25, 0.3) is 0 Å². The summed E-state index contributed by atoms with van der Waals surface area (Å²) in [5.74, 6) is -0.857. The Morgan fingerprint density at radius 2 is 1.62 bits per heavy atom. The predicted molar refractivity (Wildman–Crippen MR) is 159 cm³/mol. The highest BCUT2D eigenvalue weighted by Crippen LogP contribution is 2.26. The number of nitrogens with zero attached hydrogens (tertiary/aromatic N) is 2. The Labute approximate surface area is 240 Å². The summed E-state index contributed by atoms with van der Waals surface area (Å²) >= 11 is 7.68. The van der Waals surface area contributed by atoms with Gasteiger partial charge in [-0.05, 0) is 88.0 Å². The summed E-state index contributed by atoms with van der Waals surface area (Å²) in [4.78, 5) is 29.2. The van der Waals surface area contributed by atoms with Crippen LogP contribution in [0.4, 0.5) is 5.69 Å². The van der Waals surface area contributed by atoms with Crippen LogP contribution in [0, 0.1) is 6.92 Å². The minimum Gasteiger partial charge on any atom is -0.352 e. The van der Waals surface area contributed by atoms with Crippen LogP contribution in [0.3, 0.4) is 0 Å². The molecule has 10 heteroatoms. The molecule has 39 heavy (non-hydrogen) atoms. The first-order valence-electron chi connectivity index (χ1n) is 12.5. The lowest BCUT2D eigenvalue weighted by atomic mass is 10.1. The van der Waals surface area contributed by atoms with Crippen LogP contribution < -0.4 is 9.62 Å². The van der Waals surface area contributed by atoms with Gasteiger partial charge in [-0.2, -0.15) is 0 Å². The van der Waals surface area contributed by atoms with Gasteiger partial charge in [-0.3, -0.25) is 13.9 Å². The second kappa shape index (κ2) is 13.4. The van der Waals surface area contributed by atoms with Crippen molar-refractivity contribution in [2.75, 3.05) is 17.1 Å². The number of sulfonamides is 1. The molecule has 0 bridgehead atoms. The fraction of sp³-hybridized carbons (Fsp3) is 0.310. The number of benzene rings is 3. The highest BCUT2D eigenvalue weighted by atomic mass is 35.5. The summed E-state index contributed by atoms with van der Waals surface area (Å²) < 4.78 is 28.9. The Morgan fingerprint density at radius 3 is 2.18 bits per heavy atom. The quantitative estimate of drug-likeness (QED) is 0.299. The Morgan fingerprint density at radius 1 is 0.974 bits per heavy atom. The van der Waals surface area contributed by atoms with Crippen LogP contribution in [0.15, 0.2) is 82.6 Å². The Balaban J connectivity index is 2.03. The second-order valence-corrected chi connectivity index (χ2v) is 12.7. The zero-order valence-corrected chi connectivity index (χ0v) is 25.1. The van der Waals surface area contributed by atoms with E-state index < -0.39 is 28.5 Å². The van der Waals surface area contributed by atoms with E-state index in [2.05, 4.69) is 5.32 Å². The van der Waals surface area contributed by atoms with Gasteiger partial charge in [-0.25, -0.2) is 8.42 Å². The number of hydrogen-bond donors (Lipinski definition) is 1. The van der Waals surface area contributed by atoms with Crippen molar-refractivity contribution < 1.29 is 18.0 Å². The molecule has 1 atom stereocenters. The van der Waals surface area contributed by atoms with E-state index >= 15 is 0 Å². The zero-order valence-electron chi connectivity index (χ0n) is 22.7. The van der Waals surface area contributed by atoms with Gasteiger partial charge in [0.25, 0.3) is 10.0 Å². The Bertz CT molecular complexity index is 1390. The Hall–Kier alpha value is -3.01. The highest BCUT2D eigenvalue weighted by Gasteiger charge is 2.32. The molecule has 0 saturated heterocycles. The Kier molecular flexibility index (Phi) is 10.5. The summed E-state index contributed by atoms with van der Waals surface area (Å²) in [6.45, 7) is 6.79. The summed E-state index contributed by atoms with van der Waals surface area (Å²) in [6, 6.07) is 19.5. The molecule has 1 N–H and O–H groups in total. The van der Waals surface area contributed by atoms with E-state index in [1.54, 1.807) is 67.6 Å². The minimum absolute atomic E-state index is 0.0701. The summed E-state index contributed by atoms with van der Waals surface area (Å²) in [7, 11) is -4.11. The van der Waals surface area contributed by atoms with Crippen molar-refractivity contribution in [3.63, 3.8) is 0 Å². The van der Waals surface area contributed by atoms with E-state index in [4.69, 9.17) is 11.6 Å². The van der Waals surface area contributed by atoms with Crippen molar-refractivity contribution in [3.8, 4) is 0 Å². The third-order valence-electron chi connectivity index (χ3n) is 6.09. The maximum absolute atomic E-state index is 13.9. The summed E-state index contributed by atoms with van der Waals surface area (Å²) in [5.41, 5.74) is 2.02. The van der Waals surface area contributed by atoms with E-state index in [0.29, 0.717) is 10.7 Å². The monoisotopic (exact) mass is 587 g/mol. The fourth-order valence-electron chi connectivity index (χ4n) is 3.93. The molecule has 0 saturated carbocycles. The van der Waals surface area contributed by atoms with Crippen LogP contribution in [0.1, 0.15) is 31.9 Å². The maximum Gasteiger partial charge on any atom is 0.264 e. The van der Waals surface area contributed by atoms with Gasteiger partial charge in [0.05, 0.1) is 10.6 Å². The molecule has 208 valence electrons. The minimum atomic E-state index is -4.11. The van der Waals surface area contributed by atoms with Crippen LogP contribution in [-0.4, -0.2) is 50.0 Å². The molecule has 7 nitrogen and oxygen atoms in total. The van der Waals surface area contributed by atoms with Crippen LogP contribution >= 0.6 is 23.4 Å². The zero-order chi connectivity index (χ0) is 28.7. The van der Waals surface area contributed by atoms with E-state index in [0.717, 1.165) is 20.3 Å². The molecule has 0 heterocycles. The lowest BCUT2D eigenvalue weighted by Gasteiger charge is -2.32. The number of carbonyl (C=O) groups excluding carboxylic acids is 2. The first-order chi connectivity index (χ1) is 18.4. The van der Waals surface area contributed by atoms with Gasteiger partial charge in [-0.15, -0.1) is 11.8 Å². The topological polar surface area (TPSA) is 86.8 Å². The van der Waals surface area contributed by atoms with E-state index in [-0.39, 0.29) is 23.4 Å². The molecule has 3 aromatic rings. The van der Waals surface area contributed by atoms with Gasteiger partial charge in [0.15, 0.2) is 0 Å². The average Bonchev–Trinajstić information content (AvgIpc) is 2.90. The lowest BCUT2D eigenvalue weighted by Crippen LogP contribution is -2.52. The number of hydrogen-bond acceptors (Lipinski definition) is 5. The SMILES string of the molecule is CSc1ccc(S(=O)(=O)N(CC(=O)N(Cc2cccc(Cl)c2)[C@@H](C)C(=O)NC(C)C)c2ccc(C)cc2)cc1. The molecule has 3 aromatic carbocycles. The molecule has 0 radical (unpaired) electrons. The summed E-state index contributed by atoms with van der Waals surface area (Å²) in [6.07, 6.45) is 1.91. The molecule has 0 spiro atoms. The molecular formula is C29H34ClN3O4S2. The standard InChI is InChI=1S/C29H34ClN3O4S2/c1-20(2)31-29(35)22(4)32(18-23-7-6-8-24(30)17-23)28(34)19-33(25-11-9-21(3)10-12-25)39(36,37)27-15-13-26(38-5)14-16-27/h6-17,20,22H,18-19H2,1-5H3,(H,31,35)/t22-/m0/s1. The largest absolute Gasteiger partial charge is 0.352 e.